The van der Waals surface area contributed by atoms with E-state index in [4.69, 9.17) is 17.0 Å². The van der Waals surface area contributed by atoms with Gasteiger partial charge in [0.15, 0.2) is 16.6 Å². The summed E-state index contributed by atoms with van der Waals surface area (Å²) in [5.41, 5.74) is 0.852. The van der Waals surface area contributed by atoms with E-state index in [1.807, 2.05) is 0 Å². The molecule has 1 aromatic rings. The van der Waals surface area contributed by atoms with Crippen molar-refractivity contribution in [1.82, 2.24) is 10.6 Å². The fourth-order valence-corrected chi connectivity index (χ4v) is 2.08. The Morgan fingerprint density at radius 2 is 2.00 bits per heavy atom. The molecule has 0 aliphatic rings. The Labute approximate surface area is 140 Å². The molecule has 0 aromatic heterocycles. The summed E-state index contributed by atoms with van der Waals surface area (Å²) < 4.78 is 34.0. The zero-order chi connectivity index (χ0) is 17.2. The van der Waals surface area contributed by atoms with Crippen LogP contribution in [0.3, 0.4) is 0 Å². The van der Waals surface area contributed by atoms with Crippen molar-refractivity contribution in [2.45, 2.75) is 19.6 Å². The van der Waals surface area contributed by atoms with E-state index in [0.29, 0.717) is 11.7 Å². The quantitative estimate of drug-likeness (QED) is 0.455. The van der Waals surface area contributed by atoms with E-state index in [0.717, 1.165) is 25.1 Å². The Morgan fingerprint density at radius 1 is 1.26 bits per heavy atom. The molecule has 8 heteroatoms. The predicted molar refractivity (Wildman–Crippen MR) is 89.4 cm³/mol. The molecule has 1 aromatic carbocycles. The van der Waals surface area contributed by atoms with Crippen molar-refractivity contribution in [3.8, 4) is 11.5 Å². The molecule has 0 fully saturated rings. The lowest BCUT2D eigenvalue weighted by Crippen LogP contribution is -3.05. The summed E-state index contributed by atoms with van der Waals surface area (Å²) in [6, 6.07) is 4.78. The van der Waals surface area contributed by atoms with Gasteiger partial charge in [-0.25, -0.2) is 0 Å². The van der Waals surface area contributed by atoms with Crippen molar-refractivity contribution in [1.29, 1.82) is 0 Å². The molecular weight excluding hydrogens is 324 g/mol. The van der Waals surface area contributed by atoms with Crippen LogP contribution in [0.4, 0.5) is 8.78 Å². The molecule has 0 aliphatic heterocycles. The molecule has 23 heavy (non-hydrogen) atoms. The highest BCUT2D eigenvalue weighted by Crippen LogP contribution is 2.29. The molecule has 0 bridgehead atoms. The largest absolute Gasteiger partial charge is 0.493 e. The number of alkyl halides is 2. The van der Waals surface area contributed by atoms with Crippen LogP contribution in [0.2, 0.25) is 0 Å². The van der Waals surface area contributed by atoms with E-state index >= 15 is 0 Å². The highest BCUT2D eigenvalue weighted by Gasteiger charge is 2.11. The predicted octanol–water partition coefficient (Wildman–Crippen LogP) is 0.795. The lowest BCUT2D eigenvalue weighted by Gasteiger charge is -2.13. The van der Waals surface area contributed by atoms with Crippen LogP contribution in [0.5, 0.6) is 11.5 Å². The van der Waals surface area contributed by atoms with E-state index in [-0.39, 0.29) is 11.5 Å². The number of ether oxygens (including phenoxy) is 2. The van der Waals surface area contributed by atoms with Crippen LogP contribution < -0.4 is 25.0 Å². The van der Waals surface area contributed by atoms with Crippen LogP contribution in [0.15, 0.2) is 18.2 Å². The maximum absolute atomic E-state index is 12.3. The molecule has 0 heterocycles. The highest BCUT2D eigenvalue weighted by molar-refractivity contribution is 7.80. The molecule has 0 radical (unpaired) electrons. The van der Waals surface area contributed by atoms with E-state index in [9.17, 15) is 8.78 Å². The minimum atomic E-state index is -2.88. The van der Waals surface area contributed by atoms with Gasteiger partial charge in [-0.3, -0.25) is 0 Å². The fraction of sp³-hybridized carbons (Fsp3) is 0.533. The van der Waals surface area contributed by atoms with Gasteiger partial charge in [-0.05, 0) is 29.9 Å². The number of methoxy groups -OCH3 is 1. The summed E-state index contributed by atoms with van der Waals surface area (Å²) in [5, 5.41) is 6.75. The first-order valence-corrected chi connectivity index (χ1v) is 7.75. The Kier molecular flexibility index (Phi) is 8.57. The van der Waals surface area contributed by atoms with Gasteiger partial charge in [0, 0.05) is 19.5 Å². The van der Waals surface area contributed by atoms with Gasteiger partial charge in [-0.2, -0.15) is 8.78 Å². The summed E-state index contributed by atoms with van der Waals surface area (Å²) in [6.07, 6.45) is 1.03. The summed E-state index contributed by atoms with van der Waals surface area (Å²) in [7, 11) is 5.61. The topological polar surface area (TPSA) is 47.0 Å². The second-order valence-electron chi connectivity index (χ2n) is 5.28. The standard InChI is InChI=1S/C15H23F2N3O2S/c1-20(2)8-4-7-18-15(23)19-10-11-5-6-12(22-14(16)17)13(9-11)21-3/h5-6,9,14H,4,7-8,10H2,1-3H3,(H2,18,19,23)/p+1. The Bertz CT molecular complexity index is 502. The van der Waals surface area contributed by atoms with Gasteiger partial charge in [0.25, 0.3) is 0 Å². The zero-order valence-corrected chi connectivity index (χ0v) is 14.4. The van der Waals surface area contributed by atoms with Crippen molar-refractivity contribution in [2.75, 3.05) is 34.3 Å². The van der Waals surface area contributed by atoms with Gasteiger partial charge in [0.05, 0.1) is 27.7 Å². The van der Waals surface area contributed by atoms with Gasteiger partial charge >= 0.3 is 6.61 Å². The summed E-state index contributed by atoms with van der Waals surface area (Å²) in [5.74, 6) is 0.274. The Hall–Kier alpha value is -1.67. The average molecular weight is 348 g/mol. The summed E-state index contributed by atoms with van der Waals surface area (Å²) in [4.78, 5) is 1.39. The van der Waals surface area contributed by atoms with E-state index in [2.05, 4.69) is 29.5 Å². The molecule has 0 saturated carbocycles. The third-order valence-corrected chi connectivity index (χ3v) is 3.32. The van der Waals surface area contributed by atoms with Gasteiger partial charge in [-0.15, -0.1) is 0 Å². The van der Waals surface area contributed by atoms with E-state index in [1.54, 1.807) is 12.1 Å². The maximum atomic E-state index is 12.3. The fourth-order valence-electron chi connectivity index (χ4n) is 1.90. The van der Waals surface area contributed by atoms with Crippen molar-refractivity contribution < 1.29 is 23.2 Å². The van der Waals surface area contributed by atoms with Gasteiger partial charge < -0.3 is 25.0 Å². The van der Waals surface area contributed by atoms with Gasteiger partial charge in [-0.1, -0.05) is 6.07 Å². The molecule has 1 rings (SSSR count). The number of nitrogens with one attached hydrogen (secondary N) is 3. The molecular formula is C15H24F2N3O2S+. The third-order valence-electron chi connectivity index (χ3n) is 3.04. The van der Waals surface area contributed by atoms with E-state index in [1.165, 1.54) is 18.1 Å². The molecule has 0 amide bonds. The van der Waals surface area contributed by atoms with Gasteiger partial charge in [0.1, 0.15) is 0 Å². The van der Waals surface area contributed by atoms with E-state index < -0.39 is 6.61 Å². The molecule has 0 spiro atoms. The molecule has 0 unspecified atom stereocenters. The molecule has 0 saturated heterocycles. The summed E-state index contributed by atoms with van der Waals surface area (Å²) in [6.45, 7) is -0.538. The lowest BCUT2D eigenvalue weighted by atomic mass is 10.2. The Balaban J connectivity index is 2.43. The maximum Gasteiger partial charge on any atom is 0.387 e. The van der Waals surface area contributed by atoms with Gasteiger partial charge in [0.2, 0.25) is 0 Å². The molecule has 3 N–H and O–H groups in total. The average Bonchev–Trinajstić information content (AvgIpc) is 2.49. The number of quaternary nitrogens is 1. The monoisotopic (exact) mass is 348 g/mol. The molecule has 0 aliphatic carbocycles. The third kappa shape index (κ3) is 7.94. The normalized spacial score (nSPS) is 10.7. The number of hydrogen-bond acceptors (Lipinski definition) is 3. The van der Waals surface area contributed by atoms with Crippen molar-refractivity contribution >= 4 is 17.3 Å². The van der Waals surface area contributed by atoms with Crippen LogP contribution in [-0.2, 0) is 6.54 Å². The first kappa shape index (κ1) is 19.4. The number of rotatable bonds is 9. The number of benzene rings is 1. The molecule has 5 nitrogen and oxygen atoms in total. The smallest absolute Gasteiger partial charge is 0.387 e. The van der Waals surface area contributed by atoms with Crippen LogP contribution in [0.1, 0.15) is 12.0 Å². The van der Waals surface area contributed by atoms with Crippen LogP contribution in [0, 0.1) is 0 Å². The number of halogens is 2. The first-order valence-electron chi connectivity index (χ1n) is 7.35. The second-order valence-corrected chi connectivity index (χ2v) is 5.69. The summed E-state index contributed by atoms with van der Waals surface area (Å²) >= 11 is 5.19. The highest BCUT2D eigenvalue weighted by atomic mass is 32.1. The van der Waals surface area contributed by atoms with Crippen LogP contribution in [-0.4, -0.2) is 46.0 Å². The second kappa shape index (κ2) is 10.2. The minimum absolute atomic E-state index is 0.0122. The zero-order valence-electron chi connectivity index (χ0n) is 13.6. The van der Waals surface area contributed by atoms with Crippen molar-refractivity contribution in [2.24, 2.45) is 0 Å². The minimum Gasteiger partial charge on any atom is -0.493 e. The lowest BCUT2D eigenvalue weighted by molar-refractivity contribution is -0.858. The molecule has 0 atom stereocenters. The van der Waals surface area contributed by atoms with Crippen LogP contribution >= 0.6 is 12.2 Å². The van der Waals surface area contributed by atoms with Crippen LogP contribution in [0.25, 0.3) is 0 Å². The number of thiocarbonyl (C=S) groups is 1. The van der Waals surface area contributed by atoms with Crippen molar-refractivity contribution in [3.63, 3.8) is 0 Å². The first-order chi connectivity index (χ1) is 10.9. The molecule has 130 valence electrons. The Morgan fingerprint density at radius 3 is 2.61 bits per heavy atom. The van der Waals surface area contributed by atoms with Crippen molar-refractivity contribution in [3.05, 3.63) is 23.8 Å². The SMILES string of the molecule is COc1cc(CNC(=S)NCCC[NH+](C)C)ccc1OC(F)F. The number of hydrogen-bond donors (Lipinski definition) is 3.